The van der Waals surface area contributed by atoms with Gasteiger partial charge >= 0.3 is 0 Å². The molecule has 1 aromatic rings. The van der Waals surface area contributed by atoms with Gasteiger partial charge in [0.2, 0.25) is 0 Å². The summed E-state index contributed by atoms with van der Waals surface area (Å²) in [7, 11) is 1.70. The van der Waals surface area contributed by atoms with Crippen LogP contribution in [0.5, 0.6) is 0 Å². The normalized spacial score (nSPS) is 12.0. The highest BCUT2D eigenvalue weighted by atomic mass is 16.5. The third-order valence-electron chi connectivity index (χ3n) is 2.57. The van der Waals surface area contributed by atoms with Crippen LogP contribution in [0.4, 0.5) is 0 Å². The largest absolute Gasteiger partial charge is 0.383 e. The lowest BCUT2D eigenvalue weighted by Gasteiger charge is -2.24. The first-order valence-electron chi connectivity index (χ1n) is 6.41. The van der Waals surface area contributed by atoms with Crippen molar-refractivity contribution in [1.82, 2.24) is 14.9 Å². The third-order valence-corrected chi connectivity index (χ3v) is 2.57. The first-order chi connectivity index (χ1) is 8.57. The minimum atomic E-state index is -0.157. The standard InChI is InChI=1S/C13H25N3O2/c1-5-18-13(2,3)10-16-9-12(15-11-16)8-14-6-7-17-4/h9,11,14H,5-8,10H2,1-4H3. The van der Waals surface area contributed by atoms with E-state index in [0.29, 0.717) is 0 Å². The molecule has 0 fully saturated rings. The first kappa shape index (κ1) is 15.1. The molecule has 0 amide bonds. The summed E-state index contributed by atoms with van der Waals surface area (Å²) in [5.74, 6) is 0. The van der Waals surface area contributed by atoms with Crippen LogP contribution in [0.3, 0.4) is 0 Å². The van der Waals surface area contributed by atoms with Crippen LogP contribution in [-0.4, -0.2) is 42.0 Å². The van der Waals surface area contributed by atoms with E-state index in [1.807, 2.05) is 13.3 Å². The number of nitrogens with zero attached hydrogens (tertiary/aromatic N) is 2. The Morgan fingerprint density at radius 3 is 2.89 bits per heavy atom. The van der Waals surface area contributed by atoms with Crippen LogP contribution < -0.4 is 5.32 Å². The predicted molar refractivity (Wildman–Crippen MR) is 71.5 cm³/mol. The molecule has 0 aliphatic carbocycles. The van der Waals surface area contributed by atoms with E-state index in [2.05, 4.69) is 34.9 Å². The van der Waals surface area contributed by atoms with Gasteiger partial charge in [-0.2, -0.15) is 0 Å². The molecule has 1 heterocycles. The van der Waals surface area contributed by atoms with Gasteiger partial charge < -0.3 is 19.4 Å². The summed E-state index contributed by atoms with van der Waals surface area (Å²) in [5.41, 5.74) is 0.884. The fourth-order valence-electron chi connectivity index (χ4n) is 1.85. The summed E-state index contributed by atoms with van der Waals surface area (Å²) in [4.78, 5) is 4.36. The average Bonchev–Trinajstić information content (AvgIpc) is 2.71. The molecule has 0 bridgehead atoms. The highest BCUT2D eigenvalue weighted by molar-refractivity contribution is 4.97. The Morgan fingerprint density at radius 1 is 1.44 bits per heavy atom. The molecule has 0 unspecified atom stereocenters. The smallest absolute Gasteiger partial charge is 0.0950 e. The van der Waals surface area contributed by atoms with Gasteiger partial charge in [0.1, 0.15) is 0 Å². The molecule has 0 radical (unpaired) electrons. The van der Waals surface area contributed by atoms with Gasteiger partial charge in [-0.25, -0.2) is 4.98 Å². The minimum Gasteiger partial charge on any atom is -0.383 e. The highest BCUT2D eigenvalue weighted by Gasteiger charge is 2.18. The van der Waals surface area contributed by atoms with Gasteiger partial charge in [0, 0.05) is 33.0 Å². The summed E-state index contributed by atoms with van der Waals surface area (Å²) in [6.45, 7) is 10.1. The van der Waals surface area contributed by atoms with E-state index in [-0.39, 0.29) is 5.60 Å². The van der Waals surface area contributed by atoms with E-state index in [1.54, 1.807) is 7.11 Å². The van der Waals surface area contributed by atoms with Gasteiger partial charge in [0.05, 0.1) is 30.8 Å². The Kier molecular flexibility index (Phi) is 6.32. The second-order valence-electron chi connectivity index (χ2n) is 4.90. The van der Waals surface area contributed by atoms with Crippen LogP contribution in [0, 0.1) is 0 Å². The molecule has 5 heteroatoms. The number of hydrogen-bond donors (Lipinski definition) is 1. The number of methoxy groups -OCH3 is 1. The van der Waals surface area contributed by atoms with Gasteiger partial charge in [-0.15, -0.1) is 0 Å². The van der Waals surface area contributed by atoms with Crippen molar-refractivity contribution < 1.29 is 9.47 Å². The second kappa shape index (κ2) is 7.51. The van der Waals surface area contributed by atoms with Crippen LogP contribution in [0.2, 0.25) is 0 Å². The van der Waals surface area contributed by atoms with Crippen molar-refractivity contribution in [2.45, 2.75) is 39.5 Å². The number of imidazole rings is 1. The maximum Gasteiger partial charge on any atom is 0.0950 e. The summed E-state index contributed by atoms with van der Waals surface area (Å²) < 4.78 is 12.7. The molecular formula is C13H25N3O2. The first-order valence-corrected chi connectivity index (χ1v) is 6.41. The van der Waals surface area contributed by atoms with Crippen LogP contribution >= 0.6 is 0 Å². The maximum absolute atomic E-state index is 5.67. The number of rotatable bonds is 9. The molecule has 0 aliphatic heterocycles. The Labute approximate surface area is 109 Å². The molecule has 0 saturated heterocycles. The predicted octanol–water partition coefficient (Wildman–Crippen LogP) is 1.43. The highest BCUT2D eigenvalue weighted by Crippen LogP contribution is 2.12. The van der Waals surface area contributed by atoms with E-state index in [4.69, 9.17) is 9.47 Å². The number of nitrogens with one attached hydrogen (secondary N) is 1. The van der Waals surface area contributed by atoms with Crippen molar-refractivity contribution in [1.29, 1.82) is 0 Å². The van der Waals surface area contributed by atoms with Gasteiger partial charge in [-0.3, -0.25) is 0 Å². The topological polar surface area (TPSA) is 48.3 Å². The van der Waals surface area contributed by atoms with Crippen molar-refractivity contribution in [2.75, 3.05) is 26.9 Å². The van der Waals surface area contributed by atoms with Gasteiger partial charge in [0.15, 0.2) is 0 Å². The van der Waals surface area contributed by atoms with E-state index in [0.717, 1.165) is 38.5 Å². The molecule has 1 aromatic heterocycles. The monoisotopic (exact) mass is 255 g/mol. The summed E-state index contributed by atoms with van der Waals surface area (Å²) in [6, 6.07) is 0. The Morgan fingerprint density at radius 2 is 2.22 bits per heavy atom. The van der Waals surface area contributed by atoms with E-state index in [9.17, 15) is 0 Å². The molecule has 0 spiro atoms. The van der Waals surface area contributed by atoms with Gasteiger partial charge in [-0.05, 0) is 20.8 Å². The van der Waals surface area contributed by atoms with Crippen LogP contribution in [0.15, 0.2) is 12.5 Å². The van der Waals surface area contributed by atoms with E-state index in [1.165, 1.54) is 0 Å². The fourth-order valence-corrected chi connectivity index (χ4v) is 1.85. The lowest BCUT2D eigenvalue weighted by molar-refractivity contribution is -0.0224. The number of hydrogen-bond acceptors (Lipinski definition) is 4. The Hall–Kier alpha value is -0.910. The van der Waals surface area contributed by atoms with E-state index >= 15 is 0 Å². The van der Waals surface area contributed by atoms with Crippen molar-refractivity contribution in [3.8, 4) is 0 Å². The second-order valence-corrected chi connectivity index (χ2v) is 4.90. The average molecular weight is 255 g/mol. The SMILES string of the molecule is CCOC(C)(C)Cn1cnc(CNCCOC)c1. The van der Waals surface area contributed by atoms with Gasteiger partial charge in [-0.1, -0.05) is 0 Å². The maximum atomic E-state index is 5.67. The molecule has 1 N–H and O–H groups in total. The summed E-state index contributed by atoms with van der Waals surface area (Å²) in [6.07, 6.45) is 3.91. The molecule has 5 nitrogen and oxygen atoms in total. The van der Waals surface area contributed by atoms with Crippen molar-refractivity contribution in [2.24, 2.45) is 0 Å². The molecule has 0 aliphatic rings. The molecule has 0 aromatic carbocycles. The molecular weight excluding hydrogens is 230 g/mol. The zero-order chi connectivity index (χ0) is 13.4. The van der Waals surface area contributed by atoms with E-state index < -0.39 is 0 Å². The van der Waals surface area contributed by atoms with Crippen LogP contribution in [0.1, 0.15) is 26.5 Å². The molecule has 1 rings (SSSR count). The lowest BCUT2D eigenvalue weighted by atomic mass is 10.1. The van der Waals surface area contributed by atoms with Gasteiger partial charge in [0.25, 0.3) is 0 Å². The molecule has 0 saturated carbocycles. The van der Waals surface area contributed by atoms with Crippen LogP contribution in [-0.2, 0) is 22.6 Å². The third kappa shape index (κ3) is 5.62. The zero-order valence-corrected chi connectivity index (χ0v) is 11.9. The summed E-state index contributed by atoms with van der Waals surface area (Å²) >= 11 is 0. The number of aromatic nitrogens is 2. The molecule has 18 heavy (non-hydrogen) atoms. The Bertz CT molecular complexity index is 337. The number of ether oxygens (including phenoxy) is 2. The fraction of sp³-hybridized carbons (Fsp3) is 0.769. The summed E-state index contributed by atoms with van der Waals surface area (Å²) in [5, 5.41) is 3.27. The zero-order valence-electron chi connectivity index (χ0n) is 11.9. The minimum absolute atomic E-state index is 0.157. The van der Waals surface area contributed by atoms with Crippen molar-refractivity contribution in [3.05, 3.63) is 18.2 Å². The lowest BCUT2D eigenvalue weighted by Crippen LogP contribution is -2.30. The quantitative estimate of drug-likeness (QED) is 0.678. The Balaban J connectivity index is 2.38. The van der Waals surface area contributed by atoms with Crippen LogP contribution in [0.25, 0.3) is 0 Å². The molecule has 0 atom stereocenters. The van der Waals surface area contributed by atoms with Crippen molar-refractivity contribution in [3.63, 3.8) is 0 Å². The molecule has 104 valence electrons. The van der Waals surface area contributed by atoms with Crippen molar-refractivity contribution >= 4 is 0 Å².